The summed E-state index contributed by atoms with van der Waals surface area (Å²) >= 11 is 0. The second kappa shape index (κ2) is 12.9. The number of phenols is 1. The first-order valence-electron chi connectivity index (χ1n) is 16.2. The molecular weight excluding hydrogens is 644 g/mol. The number of fused-ring (bicyclic) bond motifs is 1. The summed E-state index contributed by atoms with van der Waals surface area (Å²) in [4.78, 5) is 15.5. The predicted octanol–water partition coefficient (Wildman–Crippen LogP) is 8.04. The molecule has 256 valence electrons. The van der Waals surface area contributed by atoms with Gasteiger partial charge in [-0.3, -0.25) is 9.69 Å². The van der Waals surface area contributed by atoms with Gasteiger partial charge >= 0.3 is 0 Å². The van der Waals surface area contributed by atoms with Gasteiger partial charge in [-0.25, -0.2) is 12.8 Å². The maximum Gasteiger partial charge on any atom is 0.265 e. The summed E-state index contributed by atoms with van der Waals surface area (Å²) in [5.41, 5.74) is 1.83. The number of amides is 1. The predicted molar refractivity (Wildman–Crippen MR) is 189 cm³/mol. The third kappa shape index (κ3) is 7.15. The number of nitrogens with one attached hydrogen (secondary N) is 1. The summed E-state index contributed by atoms with van der Waals surface area (Å²) in [5.74, 6) is -1.08. The molecule has 0 spiro atoms. The Kier molecular flexibility index (Phi) is 8.96. The number of phenolic OH excluding ortho intramolecular Hbond substituents is 1. The maximum absolute atomic E-state index is 16.4. The van der Waals surface area contributed by atoms with E-state index in [4.69, 9.17) is 9.47 Å². The highest BCUT2D eigenvalue weighted by Gasteiger charge is 2.47. The van der Waals surface area contributed by atoms with Crippen molar-refractivity contribution in [3.8, 4) is 17.2 Å². The lowest BCUT2D eigenvalue weighted by molar-refractivity contribution is -0.120. The standard InChI is InChI=1S/C39H41FN2O6S/c1-38(2,3)26-14-16-27(17-15-26)48-23-34(44)42-32-12-9-13-33(43)35(32)41-31-21-39(4,5)24-49(45,46)37(31)36(42)29-19-18-28(20-30(29)40)47-22-25-10-7-6-8-11-25/h6-20,36,41,43H,21-24H2,1-5H3. The first-order valence-corrected chi connectivity index (χ1v) is 17.8. The fourth-order valence-electron chi connectivity index (χ4n) is 6.49. The van der Waals surface area contributed by atoms with Gasteiger partial charge in [0.1, 0.15) is 41.4 Å². The molecule has 4 aromatic carbocycles. The highest BCUT2D eigenvalue weighted by Crippen LogP contribution is 2.51. The number of rotatable bonds is 7. The van der Waals surface area contributed by atoms with Crippen LogP contribution in [-0.2, 0) is 26.7 Å². The van der Waals surface area contributed by atoms with E-state index in [0.717, 1.165) is 11.1 Å². The second-order valence-electron chi connectivity index (χ2n) is 14.4. The summed E-state index contributed by atoms with van der Waals surface area (Å²) in [6.07, 6.45) is 0.282. The third-order valence-electron chi connectivity index (χ3n) is 8.80. The number of benzene rings is 4. The van der Waals surface area contributed by atoms with Crippen molar-refractivity contribution in [3.63, 3.8) is 0 Å². The van der Waals surface area contributed by atoms with Crippen LogP contribution in [0.4, 0.5) is 15.8 Å². The summed E-state index contributed by atoms with van der Waals surface area (Å²) in [5, 5.41) is 14.2. The van der Waals surface area contributed by atoms with Gasteiger partial charge in [0.05, 0.1) is 16.3 Å². The second-order valence-corrected chi connectivity index (χ2v) is 16.4. The molecule has 1 amide bonds. The zero-order valence-electron chi connectivity index (χ0n) is 28.3. The van der Waals surface area contributed by atoms with Crippen molar-refractivity contribution in [1.29, 1.82) is 0 Å². The van der Waals surface area contributed by atoms with Gasteiger partial charge in [0.2, 0.25) is 0 Å². The van der Waals surface area contributed by atoms with Gasteiger partial charge in [-0.15, -0.1) is 0 Å². The minimum absolute atomic E-state index is 0.0382. The molecule has 0 fully saturated rings. The Bertz CT molecular complexity index is 2020. The number of anilines is 2. The molecule has 0 saturated carbocycles. The van der Waals surface area contributed by atoms with Crippen LogP contribution in [0.15, 0.2) is 102 Å². The average Bonchev–Trinajstić information content (AvgIpc) is 3.17. The van der Waals surface area contributed by atoms with E-state index in [1.54, 1.807) is 30.3 Å². The van der Waals surface area contributed by atoms with E-state index in [2.05, 4.69) is 26.1 Å². The van der Waals surface area contributed by atoms with Crippen molar-refractivity contribution in [3.05, 3.63) is 124 Å². The molecule has 0 bridgehead atoms. The molecule has 2 N–H and O–H groups in total. The Morgan fingerprint density at radius 3 is 2.33 bits per heavy atom. The van der Waals surface area contributed by atoms with Crippen LogP contribution in [0.1, 0.15) is 63.8 Å². The van der Waals surface area contributed by atoms with Crippen LogP contribution in [0.25, 0.3) is 0 Å². The molecule has 49 heavy (non-hydrogen) atoms. The molecule has 10 heteroatoms. The van der Waals surface area contributed by atoms with E-state index in [1.807, 2.05) is 56.3 Å². The van der Waals surface area contributed by atoms with Crippen molar-refractivity contribution < 1.29 is 32.2 Å². The minimum atomic E-state index is -4.07. The molecule has 0 aliphatic carbocycles. The molecule has 6 rings (SSSR count). The summed E-state index contributed by atoms with van der Waals surface area (Å²) in [7, 11) is -4.07. The van der Waals surface area contributed by atoms with Crippen molar-refractivity contribution in [1.82, 2.24) is 0 Å². The van der Waals surface area contributed by atoms with Gasteiger partial charge in [0.15, 0.2) is 16.4 Å². The fraction of sp³-hybridized carbons (Fsp3) is 0.308. The Hall–Kier alpha value is -4.83. The largest absolute Gasteiger partial charge is 0.506 e. The monoisotopic (exact) mass is 684 g/mol. The number of carbonyl (C=O) groups excluding carboxylic acids is 1. The summed E-state index contributed by atoms with van der Waals surface area (Å²) in [6.45, 7) is 9.68. The van der Waals surface area contributed by atoms with Crippen molar-refractivity contribution in [2.75, 3.05) is 22.6 Å². The molecular formula is C39H41FN2O6S. The van der Waals surface area contributed by atoms with Gasteiger partial charge in [-0.05, 0) is 64.8 Å². The molecule has 8 nitrogen and oxygen atoms in total. The molecule has 1 unspecified atom stereocenters. The topological polar surface area (TPSA) is 105 Å². The molecule has 0 saturated heterocycles. The van der Waals surface area contributed by atoms with Crippen LogP contribution in [0.5, 0.6) is 17.2 Å². The van der Waals surface area contributed by atoms with Crippen LogP contribution in [0.3, 0.4) is 0 Å². The van der Waals surface area contributed by atoms with Gasteiger partial charge in [-0.2, -0.15) is 0 Å². The number of hydrogen-bond acceptors (Lipinski definition) is 7. The van der Waals surface area contributed by atoms with E-state index in [1.165, 1.54) is 23.1 Å². The Morgan fingerprint density at radius 1 is 0.959 bits per heavy atom. The van der Waals surface area contributed by atoms with Crippen LogP contribution < -0.4 is 19.7 Å². The fourth-order valence-corrected chi connectivity index (χ4v) is 8.84. The van der Waals surface area contributed by atoms with Crippen LogP contribution in [-0.4, -0.2) is 31.8 Å². The van der Waals surface area contributed by atoms with Gasteiger partial charge < -0.3 is 19.9 Å². The van der Waals surface area contributed by atoms with E-state index >= 15 is 4.39 Å². The van der Waals surface area contributed by atoms with Crippen molar-refractivity contribution >= 4 is 27.1 Å². The minimum Gasteiger partial charge on any atom is -0.506 e. The number of para-hydroxylation sites is 1. The number of nitrogens with zero attached hydrogens (tertiary/aromatic N) is 1. The zero-order chi connectivity index (χ0) is 35.1. The number of sulfone groups is 1. The summed E-state index contributed by atoms with van der Waals surface area (Å²) < 4.78 is 56.7. The number of hydrogen-bond donors (Lipinski definition) is 2. The molecule has 1 atom stereocenters. The number of aromatic hydroxyl groups is 1. The van der Waals surface area contributed by atoms with E-state index in [0.29, 0.717) is 11.4 Å². The summed E-state index contributed by atoms with van der Waals surface area (Å²) in [6, 6.07) is 24.3. The van der Waals surface area contributed by atoms with Gasteiger partial charge in [-0.1, -0.05) is 83.1 Å². The van der Waals surface area contributed by atoms with Crippen LogP contribution in [0, 0.1) is 11.2 Å². The average molecular weight is 685 g/mol. The zero-order valence-corrected chi connectivity index (χ0v) is 29.1. The molecule has 2 heterocycles. The Balaban J connectivity index is 1.45. The highest BCUT2D eigenvalue weighted by atomic mass is 32.2. The lowest BCUT2D eigenvalue weighted by atomic mass is 9.87. The van der Waals surface area contributed by atoms with Crippen LogP contribution >= 0.6 is 0 Å². The quantitative estimate of drug-likeness (QED) is 0.190. The lowest BCUT2D eigenvalue weighted by Gasteiger charge is -2.37. The number of carbonyl (C=O) groups is 1. The van der Waals surface area contributed by atoms with Gasteiger partial charge in [0.25, 0.3) is 5.91 Å². The first kappa shape index (κ1) is 34.0. The number of ether oxygens (including phenoxy) is 2. The normalized spacial score (nSPS) is 18.1. The first-order chi connectivity index (χ1) is 23.1. The van der Waals surface area contributed by atoms with Crippen molar-refractivity contribution in [2.45, 2.75) is 59.1 Å². The molecule has 4 aromatic rings. The molecule has 0 radical (unpaired) electrons. The SMILES string of the molecule is CC1(C)CC2=C(C(c3ccc(OCc4ccccc4)cc3F)N(C(=O)COc3ccc(C(C)(C)C)cc3)c3cccc(O)c3N2)S(=O)(=O)C1. The van der Waals surface area contributed by atoms with Gasteiger partial charge in [0, 0.05) is 17.3 Å². The Morgan fingerprint density at radius 2 is 1.65 bits per heavy atom. The molecule has 2 aliphatic heterocycles. The smallest absolute Gasteiger partial charge is 0.265 e. The molecule has 0 aromatic heterocycles. The van der Waals surface area contributed by atoms with E-state index in [-0.39, 0.29) is 57.5 Å². The lowest BCUT2D eigenvalue weighted by Crippen LogP contribution is -2.43. The van der Waals surface area contributed by atoms with E-state index in [9.17, 15) is 18.3 Å². The van der Waals surface area contributed by atoms with E-state index < -0.39 is 39.6 Å². The van der Waals surface area contributed by atoms with Crippen molar-refractivity contribution in [2.24, 2.45) is 5.41 Å². The maximum atomic E-state index is 16.4. The number of halogens is 1. The Labute approximate surface area is 287 Å². The number of allylic oxidation sites excluding steroid dienone is 1. The molecule has 2 aliphatic rings. The van der Waals surface area contributed by atoms with Crippen LogP contribution in [0.2, 0.25) is 0 Å². The third-order valence-corrected chi connectivity index (χ3v) is 11.1. The highest BCUT2D eigenvalue weighted by molar-refractivity contribution is 7.95.